The van der Waals surface area contributed by atoms with Gasteiger partial charge in [0.05, 0.1) is 11.4 Å². The summed E-state index contributed by atoms with van der Waals surface area (Å²) in [5.41, 5.74) is 1.02. The van der Waals surface area contributed by atoms with Crippen molar-refractivity contribution in [3.8, 4) is 0 Å². The number of aliphatic carboxylic acids is 1. The van der Waals surface area contributed by atoms with Gasteiger partial charge in [0.2, 0.25) is 0 Å². The van der Waals surface area contributed by atoms with Crippen molar-refractivity contribution < 1.29 is 14.3 Å². The molecule has 1 rings (SSSR count). The maximum atomic E-state index is 13.0. The fourth-order valence-corrected chi connectivity index (χ4v) is 1.88. The molecule has 0 heterocycles. The molecule has 0 unspecified atom stereocenters. The van der Waals surface area contributed by atoms with Crippen molar-refractivity contribution in [1.29, 1.82) is 0 Å². The summed E-state index contributed by atoms with van der Waals surface area (Å²) in [7, 11) is 0. The Bertz CT molecular complexity index is 368. The molecular weight excluding hydrogens is 274 g/mol. The second kappa shape index (κ2) is 4.75. The van der Waals surface area contributed by atoms with Crippen molar-refractivity contribution in [3.05, 3.63) is 34.1 Å². The maximum Gasteiger partial charge on any atom is 0.307 e. The minimum Gasteiger partial charge on any atom is -0.481 e. The highest BCUT2D eigenvalue weighted by molar-refractivity contribution is 9.08. The summed E-state index contributed by atoms with van der Waals surface area (Å²) in [6, 6.07) is 2.75. The van der Waals surface area contributed by atoms with Gasteiger partial charge in [-0.1, -0.05) is 33.6 Å². The Morgan fingerprint density at radius 2 is 2.21 bits per heavy atom. The Kier molecular flexibility index (Phi) is 3.89. The van der Waals surface area contributed by atoms with Crippen LogP contribution < -0.4 is 0 Å². The number of hydrogen-bond donors (Lipinski definition) is 1. The van der Waals surface area contributed by atoms with Crippen LogP contribution in [0.5, 0.6) is 0 Å². The van der Waals surface area contributed by atoms with Gasteiger partial charge in [0.25, 0.3) is 0 Å². The molecule has 0 saturated carbocycles. The lowest BCUT2D eigenvalue weighted by Crippen LogP contribution is -2.04. The van der Waals surface area contributed by atoms with E-state index in [0.29, 0.717) is 16.5 Å². The summed E-state index contributed by atoms with van der Waals surface area (Å²) < 4.78 is 13.0. The first-order valence-corrected chi connectivity index (χ1v) is 5.29. The van der Waals surface area contributed by atoms with Crippen LogP contribution in [-0.4, -0.2) is 11.1 Å². The van der Waals surface area contributed by atoms with Crippen LogP contribution in [-0.2, 0) is 16.5 Å². The Morgan fingerprint density at radius 1 is 1.57 bits per heavy atom. The van der Waals surface area contributed by atoms with Gasteiger partial charge in [0, 0.05) is 5.33 Å². The van der Waals surface area contributed by atoms with Crippen molar-refractivity contribution in [3.63, 3.8) is 0 Å². The summed E-state index contributed by atoms with van der Waals surface area (Å²) in [4.78, 5) is 10.5. The molecule has 0 aliphatic heterocycles. The van der Waals surface area contributed by atoms with Crippen LogP contribution in [0.15, 0.2) is 12.1 Å². The first-order chi connectivity index (χ1) is 6.56. The van der Waals surface area contributed by atoms with Gasteiger partial charge in [-0.2, -0.15) is 0 Å². The molecule has 0 bridgehead atoms. The van der Waals surface area contributed by atoms with Crippen LogP contribution in [0.25, 0.3) is 0 Å². The van der Waals surface area contributed by atoms with Gasteiger partial charge < -0.3 is 5.11 Å². The van der Waals surface area contributed by atoms with Crippen LogP contribution in [0.1, 0.15) is 11.1 Å². The first kappa shape index (κ1) is 11.5. The van der Waals surface area contributed by atoms with Crippen molar-refractivity contribution >= 4 is 33.5 Å². The molecule has 14 heavy (non-hydrogen) atoms. The number of rotatable bonds is 3. The van der Waals surface area contributed by atoms with Crippen LogP contribution >= 0.6 is 27.5 Å². The van der Waals surface area contributed by atoms with E-state index < -0.39 is 11.8 Å². The average molecular weight is 282 g/mol. The third-order valence-corrected chi connectivity index (χ3v) is 2.78. The van der Waals surface area contributed by atoms with E-state index in [0.717, 1.165) is 0 Å². The predicted octanol–water partition coefficient (Wildman–Crippen LogP) is 3.00. The van der Waals surface area contributed by atoms with E-state index in [2.05, 4.69) is 15.9 Å². The molecule has 0 aliphatic rings. The van der Waals surface area contributed by atoms with Crippen LogP contribution in [0.4, 0.5) is 4.39 Å². The smallest absolute Gasteiger partial charge is 0.307 e. The Labute approximate surface area is 93.8 Å². The molecule has 0 saturated heterocycles. The number of carbonyl (C=O) groups is 1. The van der Waals surface area contributed by atoms with Crippen LogP contribution in [0, 0.1) is 5.82 Å². The third-order valence-electron chi connectivity index (χ3n) is 1.77. The van der Waals surface area contributed by atoms with E-state index in [1.807, 2.05) is 0 Å². The first-order valence-electron chi connectivity index (χ1n) is 3.79. The van der Waals surface area contributed by atoms with E-state index in [1.165, 1.54) is 12.1 Å². The lowest BCUT2D eigenvalue weighted by atomic mass is 10.1. The van der Waals surface area contributed by atoms with E-state index in [-0.39, 0.29) is 11.4 Å². The zero-order valence-electron chi connectivity index (χ0n) is 7.06. The van der Waals surface area contributed by atoms with E-state index in [9.17, 15) is 9.18 Å². The van der Waals surface area contributed by atoms with E-state index >= 15 is 0 Å². The van der Waals surface area contributed by atoms with Gasteiger partial charge in [-0.15, -0.1) is 0 Å². The lowest BCUT2D eigenvalue weighted by molar-refractivity contribution is -0.136. The molecule has 76 valence electrons. The Balaban J connectivity index is 3.20. The summed E-state index contributed by atoms with van der Waals surface area (Å²) in [6.07, 6.45) is -0.266. The number of carboxylic acids is 1. The molecule has 1 aromatic carbocycles. The molecule has 0 atom stereocenters. The topological polar surface area (TPSA) is 37.3 Å². The van der Waals surface area contributed by atoms with Gasteiger partial charge in [0.15, 0.2) is 0 Å². The van der Waals surface area contributed by atoms with Gasteiger partial charge in [-0.05, 0) is 17.2 Å². The molecule has 0 aliphatic carbocycles. The highest BCUT2D eigenvalue weighted by Gasteiger charge is 2.13. The summed E-state index contributed by atoms with van der Waals surface area (Å²) >= 11 is 8.85. The third kappa shape index (κ3) is 2.45. The largest absolute Gasteiger partial charge is 0.481 e. The Hall–Kier alpha value is -0.610. The van der Waals surface area contributed by atoms with E-state index in [1.54, 1.807) is 0 Å². The van der Waals surface area contributed by atoms with Gasteiger partial charge >= 0.3 is 5.97 Å². The quantitative estimate of drug-likeness (QED) is 0.865. The van der Waals surface area contributed by atoms with E-state index in [4.69, 9.17) is 16.7 Å². The second-order valence-corrected chi connectivity index (χ2v) is 3.64. The Morgan fingerprint density at radius 3 is 2.71 bits per heavy atom. The van der Waals surface area contributed by atoms with Crippen molar-refractivity contribution in [2.75, 3.05) is 0 Å². The fourth-order valence-electron chi connectivity index (χ4n) is 1.10. The monoisotopic (exact) mass is 280 g/mol. The summed E-state index contributed by atoms with van der Waals surface area (Å²) in [5.74, 6) is -1.62. The van der Waals surface area contributed by atoms with Crippen LogP contribution in [0.2, 0.25) is 5.02 Å². The zero-order chi connectivity index (χ0) is 10.7. The fraction of sp³-hybridized carbons (Fsp3) is 0.222. The minimum atomic E-state index is -1.03. The molecule has 5 heteroatoms. The second-order valence-electron chi connectivity index (χ2n) is 2.70. The summed E-state index contributed by atoms with van der Waals surface area (Å²) in [5, 5.41) is 8.95. The number of hydrogen-bond acceptors (Lipinski definition) is 1. The number of benzene rings is 1. The molecule has 0 radical (unpaired) electrons. The molecule has 0 amide bonds. The molecule has 0 spiro atoms. The summed E-state index contributed by atoms with van der Waals surface area (Å²) in [6.45, 7) is 0. The lowest BCUT2D eigenvalue weighted by Gasteiger charge is -2.07. The normalized spacial score (nSPS) is 10.2. The number of halogens is 3. The standard InChI is InChI=1S/C9H7BrClFO2/c10-4-5-1-2-7(12)9(11)6(5)3-8(13)14/h1-2H,3-4H2,(H,13,14). The highest BCUT2D eigenvalue weighted by atomic mass is 79.9. The SMILES string of the molecule is O=C(O)Cc1c(CBr)ccc(F)c1Cl. The number of carboxylic acid groups (broad SMARTS) is 1. The average Bonchev–Trinajstić information content (AvgIpc) is 2.13. The van der Waals surface area contributed by atoms with Crippen molar-refractivity contribution in [2.45, 2.75) is 11.8 Å². The van der Waals surface area contributed by atoms with Crippen LogP contribution in [0.3, 0.4) is 0 Å². The van der Waals surface area contributed by atoms with Crippen molar-refractivity contribution in [2.24, 2.45) is 0 Å². The molecule has 0 aromatic heterocycles. The molecule has 0 fully saturated rings. The molecule has 2 nitrogen and oxygen atoms in total. The number of alkyl halides is 1. The molecule has 1 aromatic rings. The van der Waals surface area contributed by atoms with Gasteiger partial charge in [-0.3, -0.25) is 4.79 Å². The van der Waals surface area contributed by atoms with Gasteiger partial charge in [0.1, 0.15) is 5.82 Å². The van der Waals surface area contributed by atoms with Crippen molar-refractivity contribution in [1.82, 2.24) is 0 Å². The predicted molar refractivity (Wildman–Crippen MR) is 55.4 cm³/mol. The maximum absolute atomic E-state index is 13.0. The molecule has 1 N–H and O–H groups in total. The molecular formula is C9H7BrClFO2. The minimum absolute atomic E-state index is 0.107. The zero-order valence-corrected chi connectivity index (χ0v) is 9.40. The van der Waals surface area contributed by atoms with Gasteiger partial charge in [-0.25, -0.2) is 4.39 Å². The highest BCUT2D eigenvalue weighted by Crippen LogP contribution is 2.25.